The molecule has 2 aromatic heterocycles. The molecule has 1 amide bonds. The molecule has 7 heteroatoms. The second-order valence-corrected chi connectivity index (χ2v) is 8.65. The van der Waals surface area contributed by atoms with Gasteiger partial charge in [0.25, 0.3) is 5.91 Å². The standard InChI is InChI=1S/C23H28N6O/c1-14-11-17-20(27-13-29(17)22-15(2)21(24)25-12-26-22)19(16-7-4-3-5-8-16)18(14)23(30)28-9-6-10-28/h11-13,16H,3-10H2,1-2H3,(H2,24,25,26). The van der Waals surface area contributed by atoms with Crippen LogP contribution in [0.2, 0.25) is 0 Å². The highest BCUT2D eigenvalue weighted by Crippen LogP contribution is 2.40. The Balaban J connectivity index is 1.74. The molecule has 0 spiro atoms. The van der Waals surface area contributed by atoms with Crippen molar-refractivity contribution in [1.82, 2.24) is 24.4 Å². The van der Waals surface area contributed by atoms with Crippen LogP contribution in [0.4, 0.5) is 5.82 Å². The molecule has 1 aliphatic carbocycles. The summed E-state index contributed by atoms with van der Waals surface area (Å²) in [5.41, 5.74) is 11.8. The molecule has 156 valence electrons. The van der Waals surface area contributed by atoms with Crippen LogP contribution in [0.25, 0.3) is 16.9 Å². The van der Waals surface area contributed by atoms with E-state index in [1.165, 1.54) is 25.6 Å². The first-order chi connectivity index (χ1) is 14.6. The molecule has 1 aromatic carbocycles. The predicted molar refractivity (Wildman–Crippen MR) is 117 cm³/mol. The largest absolute Gasteiger partial charge is 0.383 e. The van der Waals surface area contributed by atoms with Crippen molar-refractivity contribution in [3.63, 3.8) is 0 Å². The van der Waals surface area contributed by atoms with Gasteiger partial charge in [0.05, 0.1) is 11.0 Å². The van der Waals surface area contributed by atoms with Crippen LogP contribution in [-0.4, -0.2) is 43.4 Å². The number of fused-ring (bicyclic) bond motifs is 1. The maximum atomic E-state index is 13.4. The highest BCUT2D eigenvalue weighted by atomic mass is 16.2. The molecule has 0 radical (unpaired) electrons. The lowest BCUT2D eigenvalue weighted by Gasteiger charge is -2.33. The van der Waals surface area contributed by atoms with Gasteiger partial charge in [-0.05, 0) is 56.2 Å². The number of hydrogen-bond donors (Lipinski definition) is 1. The van der Waals surface area contributed by atoms with Crippen LogP contribution in [-0.2, 0) is 0 Å². The van der Waals surface area contributed by atoms with Crippen LogP contribution >= 0.6 is 0 Å². The van der Waals surface area contributed by atoms with Crippen molar-refractivity contribution in [3.05, 3.63) is 41.0 Å². The predicted octanol–water partition coefficient (Wildman–Crippen LogP) is 3.91. The maximum Gasteiger partial charge on any atom is 0.254 e. The fraction of sp³-hybridized carbons (Fsp3) is 0.478. The van der Waals surface area contributed by atoms with Crippen LogP contribution in [0, 0.1) is 13.8 Å². The molecule has 0 bridgehead atoms. The molecule has 1 aliphatic heterocycles. The summed E-state index contributed by atoms with van der Waals surface area (Å²) in [5.74, 6) is 1.75. The number of rotatable bonds is 3. The second kappa shape index (κ2) is 7.38. The summed E-state index contributed by atoms with van der Waals surface area (Å²) in [5, 5.41) is 0. The highest BCUT2D eigenvalue weighted by molar-refractivity contribution is 6.02. The lowest BCUT2D eigenvalue weighted by atomic mass is 9.80. The lowest BCUT2D eigenvalue weighted by Crippen LogP contribution is -2.42. The van der Waals surface area contributed by atoms with Crippen molar-refractivity contribution in [2.24, 2.45) is 0 Å². The van der Waals surface area contributed by atoms with Gasteiger partial charge in [0.1, 0.15) is 24.3 Å². The van der Waals surface area contributed by atoms with E-state index in [1.807, 2.05) is 22.7 Å². The summed E-state index contributed by atoms with van der Waals surface area (Å²) in [6, 6.07) is 2.08. The van der Waals surface area contributed by atoms with Gasteiger partial charge in [-0.3, -0.25) is 9.36 Å². The molecular formula is C23H28N6O. The molecular weight excluding hydrogens is 376 g/mol. The molecule has 3 aromatic rings. The van der Waals surface area contributed by atoms with Crippen molar-refractivity contribution in [1.29, 1.82) is 0 Å². The summed E-state index contributed by atoms with van der Waals surface area (Å²) in [4.78, 5) is 28.7. The number of imidazole rings is 1. The average Bonchev–Trinajstić information content (AvgIpc) is 3.11. The number of amides is 1. The Morgan fingerprint density at radius 1 is 1.07 bits per heavy atom. The third kappa shape index (κ3) is 2.95. The number of aromatic nitrogens is 4. The molecule has 2 fully saturated rings. The van der Waals surface area contributed by atoms with E-state index >= 15 is 0 Å². The van der Waals surface area contributed by atoms with Crippen molar-refractivity contribution in [2.45, 2.75) is 58.3 Å². The third-order valence-electron chi connectivity index (χ3n) is 6.77. The van der Waals surface area contributed by atoms with Crippen LogP contribution < -0.4 is 5.73 Å². The zero-order valence-electron chi connectivity index (χ0n) is 17.7. The van der Waals surface area contributed by atoms with E-state index in [0.29, 0.717) is 11.7 Å². The first-order valence-electron chi connectivity index (χ1n) is 10.9. The topological polar surface area (TPSA) is 89.9 Å². The lowest BCUT2D eigenvalue weighted by molar-refractivity contribution is 0.0649. The number of aryl methyl sites for hydroxylation is 1. The van der Waals surface area contributed by atoms with Gasteiger partial charge in [0, 0.05) is 24.2 Å². The molecule has 7 nitrogen and oxygen atoms in total. The number of hydrogen-bond acceptors (Lipinski definition) is 5. The number of nitrogens with zero attached hydrogens (tertiary/aromatic N) is 5. The normalized spacial score (nSPS) is 17.3. The van der Waals surface area contributed by atoms with Gasteiger partial charge in [0.2, 0.25) is 0 Å². The zero-order valence-corrected chi connectivity index (χ0v) is 17.7. The molecule has 3 heterocycles. The van der Waals surface area contributed by atoms with Gasteiger partial charge in [0.15, 0.2) is 0 Å². The number of carbonyl (C=O) groups excluding carboxylic acids is 1. The molecule has 1 saturated heterocycles. The second-order valence-electron chi connectivity index (χ2n) is 8.65. The molecule has 2 N–H and O–H groups in total. The van der Waals surface area contributed by atoms with Gasteiger partial charge >= 0.3 is 0 Å². The van der Waals surface area contributed by atoms with Crippen LogP contribution in [0.5, 0.6) is 0 Å². The van der Waals surface area contributed by atoms with E-state index in [9.17, 15) is 4.79 Å². The highest BCUT2D eigenvalue weighted by Gasteiger charge is 2.31. The van der Waals surface area contributed by atoms with Gasteiger partial charge in [-0.15, -0.1) is 0 Å². The molecule has 1 saturated carbocycles. The van der Waals surface area contributed by atoms with Gasteiger partial charge < -0.3 is 10.6 Å². The van der Waals surface area contributed by atoms with E-state index in [0.717, 1.165) is 71.5 Å². The Hall–Kier alpha value is -2.96. The molecule has 5 rings (SSSR count). The summed E-state index contributed by atoms with van der Waals surface area (Å²) >= 11 is 0. The van der Waals surface area contributed by atoms with Crippen molar-refractivity contribution < 1.29 is 4.79 Å². The number of likely N-dealkylation sites (tertiary alicyclic amines) is 1. The van der Waals surface area contributed by atoms with E-state index in [2.05, 4.69) is 23.0 Å². The Kier molecular flexibility index (Phi) is 4.68. The maximum absolute atomic E-state index is 13.4. The minimum atomic E-state index is 0.165. The molecule has 30 heavy (non-hydrogen) atoms. The summed E-state index contributed by atoms with van der Waals surface area (Å²) < 4.78 is 1.99. The Morgan fingerprint density at radius 3 is 2.53 bits per heavy atom. The number of nitrogen functional groups attached to an aromatic ring is 1. The average molecular weight is 405 g/mol. The number of benzene rings is 1. The summed E-state index contributed by atoms with van der Waals surface area (Å²) in [6.45, 7) is 5.69. The van der Waals surface area contributed by atoms with Gasteiger partial charge in [-0.2, -0.15) is 0 Å². The molecule has 0 atom stereocenters. The minimum Gasteiger partial charge on any atom is -0.383 e. The minimum absolute atomic E-state index is 0.165. The first kappa shape index (κ1) is 19.0. The van der Waals surface area contributed by atoms with Crippen molar-refractivity contribution >= 4 is 22.8 Å². The summed E-state index contributed by atoms with van der Waals surface area (Å²) in [7, 11) is 0. The van der Waals surface area contributed by atoms with Crippen LogP contribution in [0.1, 0.15) is 71.5 Å². The van der Waals surface area contributed by atoms with E-state index in [-0.39, 0.29) is 5.91 Å². The van der Waals surface area contributed by atoms with Crippen molar-refractivity contribution in [3.8, 4) is 5.82 Å². The van der Waals surface area contributed by atoms with Gasteiger partial charge in [-0.25, -0.2) is 15.0 Å². The number of nitrogens with two attached hydrogens (primary N) is 1. The Morgan fingerprint density at radius 2 is 1.83 bits per heavy atom. The van der Waals surface area contributed by atoms with E-state index < -0.39 is 0 Å². The van der Waals surface area contributed by atoms with E-state index in [1.54, 1.807) is 0 Å². The summed E-state index contributed by atoms with van der Waals surface area (Å²) in [6.07, 6.45) is 10.3. The monoisotopic (exact) mass is 404 g/mol. The fourth-order valence-corrected chi connectivity index (χ4v) is 4.93. The van der Waals surface area contributed by atoms with Crippen LogP contribution in [0.15, 0.2) is 18.7 Å². The van der Waals surface area contributed by atoms with E-state index in [4.69, 9.17) is 10.7 Å². The number of anilines is 1. The molecule has 2 aliphatic rings. The Bertz CT molecular complexity index is 1120. The van der Waals surface area contributed by atoms with Gasteiger partial charge in [-0.1, -0.05) is 19.3 Å². The third-order valence-corrected chi connectivity index (χ3v) is 6.77. The fourth-order valence-electron chi connectivity index (χ4n) is 4.93. The SMILES string of the molecule is Cc1cc2c(ncn2-c2ncnc(N)c2C)c(C2CCCCC2)c1C(=O)N1CCC1. The van der Waals surface area contributed by atoms with Crippen LogP contribution in [0.3, 0.4) is 0 Å². The zero-order chi connectivity index (χ0) is 20.8. The molecule has 0 unspecified atom stereocenters. The Labute approximate surface area is 176 Å². The number of carbonyl (C=O) groups is 1. The van der Waals surface area contributed by atoms with Crippen molar-refractivity contribution in [2.75, 3.05) is 18.8 Å². The smallest absolute Gasteiger partial charge is 0.254 e. The quantitative estimate of drug-likeness (QED) is 0.715. The first-order valence-corrected chi connectivity index (χ1v) is 10.9.